The van der Waals surface area contributed by atoms with E-state index in [4.69, 9.17) is 0 Å². The predicted molar refractivity (Wildman–Crippen MR) is 93.3 cm³/mol. The molecule has 2 aliphatic carbocycles. The molecule has 2 rings (SSSR count). The molecule has 0 saturated heterocycles. The Morgan fingerprint density at radius 3 is 1.45 bits per heavy atom. The summed E-state index contributed by atoms with van der Waals surface area (Å²) in [4.78, 5) is 11.2. The second-order valence-corrected chi connectivity index (χ2v) is 6.41. The van der Waals surface area contributed by atoms with Gasteiger partial charge >= 0.3 is 0 Å². The Morgan fingerprint density at radius 1 is 0.750 bits per heavy atom. The second kappa shape index (κ2) is 11.7. The van der Waals surface area contributed by atoms with E-state index in [1.165, 1.54) is 38.5 Å². The molecule has 0 bridgehead atoms. The van der Waals surface area contributed by atoms with E-state index >= 15 is 0 Å². The molecule has 0 aromatic carbocycles. The fraction of sp³-hybridized carbons (Fsp3) is 0.944. The van der Waals surface area contributed by atoms with E-state index in [0.29, 0.717) is 0 Å². The molecule has 0 aliphatic heterocycles. The molecule has 0 aromatic rings. The third-order valence-corrected chi connectivity index (χ3v) is 5.21. The first-order valence-corrected chi connectivity index (χ1v) is 9.34. The van der Waals surface area contributed by atoms with E-state index in [1.807, 2.05) is 27.7 Å². The van der Waals surface area contributed by atoms with Crippen LogP contribution in [0, 0.1) is 23.7 Å². The van der Waals surface area contributed by atoms with E-state index < -0.39 is 0 Å². The first-order valence-electron chi connectivity index (χ1n) is 8.89. The molecular formula is C18H36OS. The third-order valence-electron chi connectivity index (χ3n) is 4.85. The molecule has 0 unspecified atom stereocenters. The Labute approximate surface area is 132 Å². The molecule has 0 amide bonds. The highest BCUT2D eigenvalue weighted by Crippen LogP contribution is 2.41. The van der Waals surface area contributed by atoms with Crippen LogP contribution < -0.4 is 0 Å². The van der Waals surface area contributed by atoms with Crippen molar-refractivity contribution in [3.8, 4) is 0 Å². The van der Waals surface area contributed by atoms with Crippen molar-refractivity contribution in [3.05, 3.63) is 0 Å². The number of rotatable bonds is 2. The average Bonchev–Trinajstić information content (AvgIpc) is 2.52. The molecule has 0 N–H and O–H groups in total. The van der Waals surface area contributed by atoms with Crippen molar-refractivity contribution in [1.82, 2.24) is 0 Å². The molecule has 2 fully saturated rings. The molecule has 0 radical (unpaired) electrons. The Kier molecular flexibility index (Phi) is 11.7. The van der Waals surface area contributed by atoms with Gasteiger partial charge in [0.1, 0.15) is 0 Å². The zero-order valence-electron chi connectivity index (χ0n) is 14.3. The van der Waals surface area contributed by atoms with Gasteiger partial charge in [-0.05, 0) is 56.3 Å². The van der Waals surface area contributed by atoms with Crippen molar-refractivity contribution in [1.29, 1.82) is 0 Å². The largest absolute Gasteiger partial charge is 0.287 e. The average molecular weight is 301 g/mol. The number of hydrogen-bond acceptors (Lipinski definition) is 1. The Bertz CT molecular complexity index is 236. The molecule has 0 atom stereocenters. The van der Waals surface area contributed by atoms with Crippen LogP contribution in [0.2, 0.25) is 0 Å². The van der Waals surface area contributed by atoms with Crippen LogP contribution in [-0.2, 0) is 4.79 Å². The molecule has 2 saturated carbocycles. The maximum Gasteiger partial charge on any atom is 0.188 e. The lowest BCUT2D eigenvalue weighted by Crippen LogP contribution is -2.26. The minimum Gasteiger partial charge on any atom is -0.287 e. The number of hydrogen-bond donors (Lipinski definition) is 1. The summed E-state index contributed by atoms with van der Waals surface area (Å²) >= 11 is 3.97. The van der Waals surface area contributed by atoms with Crippen molar-refractivity contribution in [2.75, 3.05) is 0 Å². The zero-order chi connectivity index (χ0) is 15.5. The Balaban J connectivity index is 0.000000829. The molecule has 2 aliphatic rings. The molecule has 0 aromatic heterocycles. The molecule has 1 nitrogen and oxygen atoms in total. The fourth-order valence-electron chi connectivity index (χ4n) is 3.59. The lowest BCUT2D eigenvalue weighted by Gasteiger charge is -2.36. The second-order valence-electron chi connectivity index (χ2n) is 5.97. The van der Waals surface area contributed by atoms with Crippen LogP contribution in [0.3, 0.4) is 0 Å². The highest BCUT2D eigenvalue weighted by atomic mass is 32.1. The van der Waals surface area contributed by atoms with Gasteiger partial charge in [-0.25, -0.2) is 0 Å². The van der Waals surface area contributed by atoms with E-state index in [9.17, 15) is 4.79 Å². The van der Waals surface area contributed by atoms with Crippen LogP contribution in [0.1, 0.15) is 86.0 Å². The standard InChI is InChI=1S/C14H24OS.2C2H6/c1-10-2-4-11(5-3-10)12-6-8-13(9-7-12)14(15)16;2*1-2/h10-13H,2-9H2,1H3,(H,15,16);2*1-2H3. The minimum absolute atomic E-state index is 0.121. The van der Waals surface area contributed by atoms with Gasteiger partial charge in [0.05, 0.1) is 0 Å². The maximum atomic E-state index is 11.2. The van der Waals surface area contributed by atoms with Gasteiger partial charge in [-0.2, -0.15) is 0 Å². The van der Waals surface area contributed by atoms with Crippen molar-refractivity contribution in [3.63, 3.8) is 0 Å². The molecule has 2 heteroatoms. The summed E-state index contributed by atoms with van der Waals surface area (Å²) in [6.07, 6.45) is 10.5. The van der Waals surface area contributed by atoms with Crippen LogP contribution in [-0.4, -0.2) is 5.12 Å². The van der Waals surface area contributed by atoms with Crippen molar-refractivity contribution in [2.45, 2.75) is 86.0 Å². The summed E-state index contributed by atoms with van der Waals surface area (Å²) in [5.74, 6) is 3.09. The van der Waals surface area contributed by atoms with Gasteiger partial charge in [0.2, 0.25) is 0 Å². The van der Waals surface area contributed by atoms with E-state index in [-0.39, 0.29) is 11.0 Å². The van der Waals surface area contributed by atoms with Crippen LogP contribution in [0.25, 0.3) is 0 Å². The van der Waals surface area contributed by atoms with E-state index in [0.717, 1.165) is 30.6 Å². The first-order chi connectivity index (χ1) is 9.66. The summed E-state index contributed by atoms with van der Waals surface area (Å²) < 4.78 is 0. The lowest BCUT2D eigenvalue weighted by molar-refractivity contribution is -0.115. The monoisotopic (exact) mass is 300 g/mol. The highest BCUT2D eigenvalue weighted by Gasteiger charge is 2.31. The molecule has 0 heterocycles. The lowest BCUT2D eigenvalue weighted by atomic mass is 9.69. The van der Waals surface area contributed by atoms with Crippen LogP contribution in [0.4, 0.5) is 0 Å². The fourth-order valence-corrected chi connectivity index (χ4v) is 3.85. The van der Waals surface area contributed by atoms with E-state index in [2.05, 4.69) is 19.6 Å². The quantitative estimate of drug-likeness (QED) is 0.607. The topological polar surface area (TPSA) is 17.1 Å². The Hall–Kier alpha value is 0.0200. The highest BCUT2D eigenvalue weighted by molar-refractivity contribution is 7.96. The summed E-state index contributed by atoms with van der Waals surface area (Å²) in [5, 5.41) is 0.121. The SMILES string of the molecule is CC.CC.CC1CCC(C2CCC(C(=O)S)CC2)CC1. The van der Waals surface area contributed by atoms with Crippen LogP contribution in [0.15, 0.2) is 0 Å². The smallest absolute Gasteiger partial charge is 0.188 e. The normalized spacial score (nSPS) is 33.1. The van der Waals surface area contributed by atoms with Crippen molar-refractivity contribution in [2.24, 2.45) is 23.7 Å². The van der Waals surface area contributed by atoms with Gasteiger partial charge in [0.25, 0.3) is 0 Å². The van der Waals surface area contributed by atoms with E-state index in [1.54, 1.807) is 0 Å². The van der Waals surface area contributed by atoms with Crippen LogP contribution >= 0.6 is 12.6 Å². The zero-order valence-corrected chi connectivity index (χ0v) is 15.2. The molecule has 120 valence electrons. The molecular weight excluding hydrogens is 264 g/mol. The summed E-state index contributed by atoms with van der Waals surface area (Å²) in [7, 11) is 0. The molecule has 0 spiro atoms. The van der Waals surface area contributed by atoms with Gasteiger partial charge in [-0.1, -0.05) is 47.5 Å². The Morgan fingerprint density at radius 2 is 1.10 bits per heavy atom. The third kappa shape index (κ3) is 6.65. The maximum absolute atomic E-state index is 11.2. The minimum atomic E-state index is 0.121. The van der Waals surface area contributed by atoms with Gasteiger partial charge in [-0.3, -0.25) is 4.79 Å². The van der Waals surface area contributed by atoms with Gasteiger partial charge in [0, 0.05) is 5.92 Å². The molecule has 20 heavy (non-hydrogen) atoms. The summed E-state index contributed by atoms with van der Waals surface area (Å²) in [6.45, 7) is 10.4. The summed E-state index contributed by atoms with van der Waals surface area (Å²) in [5.41, 5.74) is 0. The predicted octanol–water partition coefficient (Wildman–Crippen LogP) is 6.13. The van der Waals surface area contributed by atoms with Crippen molar-refractivity contribution >= 4 is 17.7 Å². The van der Waals surface area contributed by atoms with Gasteiger partial charge in [0.15, 0.2) is 5.12 Å². The summed E-state index contributed by atoms with van der Waals surface area (Å²) in [6, 6.07) is 0. The number of thiol groups is 1. The van der Waals surface area contributed by atoms with Gasteiger partial charge < -0.3 is 0 Å². The van der Waals surface area contributed by atoms with Crippen molar-refractivity contribution < 1.29 is 4.79 Å². The van der Waals surface area contributed by atoms with Crippen LogP contribution in [0.5, 0.6) is 0 Å². The van der Waals surface area contributed by atoms with Gasteiger partial charge in [-0.15, -0.1) is 12.6 Å². The number of carbonyl (C=O) groups is 1. The number of carbonyl (C=O) groups excluding carboxylic acids is 1. The first kappa shape index (κ1) is 20.0.